The van der Waals surface area contributed by atoms with E-state index in [0.717, 1.165) is 0 Å². The van der Waals surface area contributed by atoms with E-state index in [2.05, 4.69) is 19.6 Å². The molecule has 0 atom stereocenters. The van der Waals surface area contributed by atoms with Gasteiger partial charge in [0, 0.05) is 0 Å². The van der Waals surface area contributed by atoms with Crippen molar-refractivity contribution in [2.75, 3.05) is 0 Å². The minimum Gasteiger partial charge on any atom is -0.504 e. The summed E-state index contributed by atoms with van der Waals surface area (Å²) in [6, 6.07) is 0. The highest BCUT2D eigenvalue weighted by atomic mass is 17.1. The molecule has 0 amide bonds. The molecule has 20 nitrogen and oxygen atoms in total. The highest BCUT2D eigenvalue weighted by molar-refractivity contribution is 6.09. The van der Waals surface area contributed by atoms with Crippen LogP contribution in [0, 0.1) is 0 Å². The van der Waals surface area contributed by atoms with Crippen LogP contribution in [-0.4, -0.2) is 85.8 Å². The molecule has 0 aliphatic heterocycles. The lowest BCUT2D eigenvalue weighted by atomic mass is 10.0. The molecule has 0 aromatic heterocycles. The van der Waals surface area contributed by atoms with E-state index in [1.54, 1.807) is 0 Å². The third kappa shape index (κ3) is 4.90. The Labute approximate surface area is 193 Å². The van der Waals surface area contributed by atoms with Gasteiger partial charge in [0.05, 0.1) is 0 Å². The third-order valence-electron chi connectivity index (χ3n) is 3.94. The van der Waals surface area contributed by atoms with Gasteiger partial charge in [-0.1, -0.05) is 0 Å². The molecular weight excluding hydrogens is 512 g/mol. The molecular formula is C16H12O20. The van der Waals surface area contributed by atoms with Crippen molar-refractivity contribution in [2.45, 2.75) is 0 Å². The molecule has 0 saturated carbocycles. The molecule has 20 heteroatoms. The van der Waals surface area contributed by atoms with Gasteiger partial charge in [-0.3, -0.25) is 19.6 Å². The normalized spacial score (nSPS) is 9.89. The van der Waals surface area contributed by atoms with Crippen molar-refractivity contribution < 1.29 is 101 Å². The number of carbonyl (C=O) groups excluding carboxylic acids is 4. The smallest absolute Gasteiger partial charge is 0.377 e. The molecule has 2 aromatic carbocycles. The van der Waals surface area contributed by atoms with E-state index in [4.69, 9.17) is 41.5 Å². The zero-order chi connectivity index (χ0) is 28.1. The maximum atomic E-state index is 11.1. The molecule has 2 rings (SSSR count). The van der Waals surface area contributed by atoms with Crippen LogP contribution in [0.2, 0.25) is 0 Å². The van der Waals surface area contributed by atoms with E-state index in [9.17, 15) is 39.6 Å². The van der Waals surface area contributed by atoms with Crippen LogP contribution in [0.25, 0.3) is 0 Å². The fraction of sp³-hybridized carbons (Fsp3) is 0. The summed E-state index contributed by atoms with van der Waals surface area (Å²) in [7, 11) is 0. The van der Waals surface area contributed by atoms with Gasteiger partial charge in [-0.05, 0) is 0 Å². The Morgan fingerprint density at radius 1 is 0.333 bits per heavy atom. The van der Waals surface area contributed by atoms with Gasteiger partial charge in [0.25, 0.3) is 0 Å². The number of aromatic hydroxyl groups is 8. The SMILES string of the molecule is O=C(OO)c1c(O)c(O)c(O)c(O)c1C(=O)OO.O=C(OO)c1c(O)c(O)c(O)c(O)c1C(=O)OO. The molecule has 0 aliphatic rings. The summed E-state index contributed by atoms with van der Waals surface area (Å²) in [6.07, 6.45) is 0. The number of carbonyl (C=O) groups is 4. The van der Waals surface area contributed by atoms with Crippen molar-refractivity contribution in [3.63, 3.8) is 0 Å². The van der Waals surface area contributed by atoms with Gasteiger partial charge >= 0.3 is 23.9 Å². The fourth-order valence-electron chi connectivity index (χ4n) is 2.37. The van der Waals surface area contributed by atoms with Crippen LogP contribution in [0.3, 0.4) is 0 Å². The van der Waals surface area contributed by atoms with Crippen LogP contribution in [0.4, 0.5) is 0 Å². The number of phenols is 8. The van der Waals surface area contributed by atoms with E-state index in [-0.39, 0.29) is 0 Å². The zero-order valence-electron chi connectivity index (χ0n) is 16.6. The van der Waals surface area contributed by atoms with Crippen LogP contribution in [0.5, 0.6) is 46.0 Å². The molecule has 196 valence electrons. The number of hydrogen-bond donors (Lipinski definition) is 12. The van der Waals surface area contributed by atoms with Crippen LogP contribution in [0.1, 0.15) is 41.4 Å². The summed E-state index contributed by atoms with van der Waals surface area (Å²) in [6.45, 7) is 0. The van der Waals surface area contributed by atoms with E-state index in [1.165, 1.54) is 0 Å². The van der Waals surface area contributed by atoms with E-state index in [1.807, 2.05) is 0 Å². The topological polar surface area (TPSA) is 348 Å². The Morgan fingerprint density at radius 2 is 0.472 bits per heavy atom. The first-order valence-corrected chi connectivity index (χ1v) is 8.15. The Morgan fingerprint density at radius 3 is 0.583 bits per heavy atom. The predicted molar refractivity (Wildman–Crippen MR) is 98.4 cm³/mol. The average molecular weight is 524 g/mol. The van der Waals surface area contributed by atoms with Gasteiger partial charge in [-0.15, -0.1) is 0 Å². The summed E-state index contributed by atoms with van der Waals surface area (Å²) in [5.41, 5.74) is -4.87. The third-order valence-corrected chi connectivity index (χ3v) is 3.94. The Balaban J connectivity index is 0.000000360. The van der Waals surface area contributed by atoms with Crippen molar-refractivity contribution in [1.29, 1.82) is 0 Å². The van der Waals surface area contributed by atoms with Crippen molar-refractivity contribution in [3.8, 4) is 46.0 Å². The summed E-state index contributed by atoms with van der Waals surface area (Å²) in [5, 5.41) is 106. The maximum absolute atomic E-state index is 11.1. The lowest BCUT2D eigenvalue weighted by Gasteiger charge is -2.11. The van der Waals surface area contributed by atoms with Crippen LogP contribution < -0.4 is 0 Å². The molecule has 0 radical (unpaired) electrons. The molecule has 0 saturated heterocycles. The Bertz CT molecular complexity index is 1040. The lowest BCUT2D eigenvalue weighted by molar-refractivity contribution is -0.185. The molecule has 0 bridgehead atoms. The van der Waals surface area contributed by atoms with Gasteiger partial charge in [0.1, 0.15) is 22.3 Å². The molecule has 0 spiro atoms. The predicted octanol–water partition coefficient (Wildman–Crippen LogP) is -0.463. The molecule has 12 N–H and O–H groups in total. The molecule has 0 heterocycles. The zero-order valence-corrected chi connectivity index (χ0v) is 16.6. The molecule has 0 aliphatic carbocycles. The summed E-state index contributed by atoms with van der Waals surface area (Å²) < 4.78 is 0. The van der Waals surface area contributed by atoms with Gasteiger partial charge in [-0.2, -0.15) is 21.0 Å². The highest BCUT2D eigenvalue weighted by Crippen LogP contribution is 2.48. The number of benzene rings is 2. The first-order valence-electron chi connectivity index (χ1n) is 8.15. The van der Waals surface area contributed by atoms with E-state index < -0.39 is 92.1 Å². The Hall–Kier alpha value is -5.44. The minimum atomic E-state index is -1.75. The van der Waals surface area contributed by atoms with Crippen LogP contribution in [-0.2, 0) is 19.6 Å². The first kappa shape index (κ1) is 28.6. The lowest BCUT2D eigenvalue weighted by Crippen LogP contribution is -2.13. The standard InChI is InChI=1S/2C8H6O10/c2*9-3-1(7(13)17-15)2(8(14)18-16)4(10)6(12)5(3)11/h2*9-12,15-16H. The maximum Gasteiger partial charge on any atom is 0.377 e. The van der Waals surface area contributed by atoms with Crippen LogP contribution in [0.15, 0.2) is 0 Å². The largest absolute Gasteiger partial charge is 0.504 e. The van der Waals surface area contributed by atoms with Crippen molar-refractivity contribution >= 4 is 23.9 Å². The van der Waals surface area contributed by atoms with E-state index >= 15 is 0 Å². The molecule has 0 unspecified atom stereocenters. The van der Waals surface area contributed by atoms with Crippen molar-refractivity contribution in [2.24, 2.45) is 0 Å². The molecule has 2 aromatic rings. The number of hydrogen-bond acceptors (Lipinski definition) is 20. The monoisotopic (exact) mass is 524 g/mol. The number of phenolic OH excluding ortho intramolecular Hbond substituents is 8. The van der Waals surface area contributed by atoms with Gasteiger partial charge < -0.3 is 40.9 Å². The van der Waals surface area contributed by atoms with Gasteiger partial charge in [0.2, 0.25) is 23.0 Å². The molecule has 0 fully saturated rings. The van der Waals surface area contributed by atoms with Crippen molar-refractivity contribution in [1.82, 2.24) is 0 Å². The fourth-order valence-corrected chi connectivity index (χ4v) is 2.37. The second kappa shape index (κ2) is 11.1. The van der Waals surface area contributed by atoms with Crippen molar-refractivity contribution in [3.05, 3.63) is 22.3 Å². The first-order chi connectivity index (χ1) is 16.7. The van der Waals surface area contributed by atoms with Gasteiger partial charge in [-0.25, -0.2) is 19.2 Å². The summed E-state index contributed by atoms with van der Waals surface area (Å²) in [4.78, 5) is 57.1. The second-order valence-corrected chi connectivity index (χ2v) is 5.80. The van der Waals surface area contributed by atoms with Crippen LogP contribution >= 0.6 is 0 Å². The highest BCUT2D eigenvalue weighted by Gasteiger charge is 2.35. The quantitative estimate of drug-likeness (QED) is 0.0790. The second-order valence-electron chi connectivity index (χ2n) is 5.80. The average Bonchev–Trinajstić information content (AvgIpc) is 2.88. The number of rotatable bonds is 4. The molecule has 36 heavy (non-hydrogen) atoms. The Kier molecular flexibility index (Phi) is 8.83. The van der Waals surface area contributed by atoms with E-state index in [0.29, 0.717) is 0 Å². The van der Waals surface area contributed by atoms with Gasteiger partial charge in [0.15, 0.2) is 23.0 Å². The minimum absolute atomic E-state index is 1.22. The summed E-state index contributed by atoms with van der Waals surface area (Å²) >= 11 is 0. The summed E-state index contributed by atoms with van der Waals surface area (Å²) in [5.74, 6) is -17.9.